The van der Waals surface area contributed by atoms with E-state index in [-0.39, 0.29) is 6.04 Å². The molecule has 86 valence electrons. The number of aryl methyl sites for hydroxylation is 1. The third-order valence-electron chi connectivity index (χ3n) is 2.91. The predicted molar refractivity (Wildman–Crippen MR) is 67.1 cm³/mol. The Morgan fingerprint density at radius 3 is 2.31 bits per heavy atom. The first-order chi connectivity index (χ1) is 7.71. The van der Waals surface area contributed by atoms with Gasteiger partial charge < -0.3 is 0 Å². The summed E-state index contributed by atoms with van der Waals surface area (Å²) in [5.41, 5.74) is 2.36. The molecule has 1 aromatic rings. The van der Waals surface area contributed by atoms with Crippen molar-refractivity contribution in [1.82, 2.24) is 5.32 Å². The Morgan fingerprint density at radius 1 is 1.25 bits per heavy atom. The number of nitrogens with one attached hydrogen (secondary N) is 1. The van der Waals surface area contributed by atoms with Crippen LogP contribution in [0.2, 0.25) is 0 Å². The fourth-order valence-corrected chi connectivity index (χ4v) is 1.56. The molecule has 2 atom stereocenters. The Kier molecular flexibility index (Phi) is 5.01. The van der Waals surface area contributed by atoms with Crippen molar-refractivity contribution in [2.45, 2.75) is 45.7 Å². The smallest absolute Gasteiger partial charge is 0.121 e. The summed E-state index contributed by atoms with van der Waals surface area (Å²) in [6, 6.07) is 10.8. The van der Waals surface area contributed by atoms with E-state index in [1.54, 1.807) is 0 Å². The Balaban J connectivity index is 2.76. The molecule has 0 spiro atoms. The average Bonchev–Trinajstić information content (AvgIpc) is 2.35. The minimum Gasteiger partial charge on any atom is -0.296 e. The molecule has 0 heterocycles. The van der Waals surface area contributed by atoms with Gasteiger partial charge in [0.15, 0.2) is 0 Å². The van der Waals surface area contributed by atoms with E-state index >= 15 is 0 Å². The fourth-order valence-electron chi connectivity index (χ4n) is 1.56. The predicted octanol–water partition coefficient (Wildman–Crippen LogP) is 3.20. The summed E-state index contributed by atoms with van der Waals surface area (Å²) in [7, 11) is 0. The van der Waals surface area contributed by atoms with Crippen molar-refractivity contribution < 1.29 is 0 Å². The van der Waals surface area contributed by atoms with Gasteiger partial charge in [-0.2, -0.15) is 5.26 Å². The van der Waals surface area contributed by atoms with E-state index in [1.807, 2.05) is 12.1 Å². The molecule has 0 saturated heterocycles. The van der Waals surface area contributed by atoms with Gasteiger partial charge in [0.1, 0.15) is 6.04 Å². The highest BCUT2D eigenvalue weighted by molar-refractivity contribution is 5.28. The van der Waals surface area contributed by atoms with Gasteiger partial charge in [0.25, 0.3) is 0 Å². The number of benzene rings is 1. The van der Waals surface area contributed by atoms with Crippen LogP contribution in [0.3, 0.4) is 0 Å². The minimum atomic E-state index is -0.194. The number of nitrogens with zero attached hydrogens (tertiary/aromatic N) is 1. The van der Waals surface area contributed by atoms with Crippen LogP contribution < -0.4 is 5.32 Å². The van der Waals surface area contributed by atoms with E-state index in [0.29, 0.717) is 6.04 Å². The van der Waals surface area contributed by atoms with Crippen LogP contribution in [-0.4, -0.2) is 6.04 Å². The third-order valence-corrected chi connectivity index (χ3v) is 2.91. The van der Waals surface area contributed by atoms with Crippen molar-refractivity contribution in [2.24, 2.45) is 0 Å². The summed E-state index contributed by atoms with van der Waals surface area (Å²) in [5.74, 6) is 0. The Hall–Kier alpha value is -1.33. The molecule has 16 heavy (non-hydrogen) atoms. The van der Waals surface area contributed by atoms with Crippen LogP contribution in [0.15, 0.2) is 24.3 Å². The number of rotatable bonds is 5. The molecule has 0 aliphatic rings. The molecular weight excluding hydrogens is 196 g/mol. The molecule has 2 nitrogen and oxygen atoms in total. The molecule has 0 bridgehead atoms. The highest BCUT2D eigenvalue weighted by Crippen LogP contribution is 2.14. The first-order valence-electron chi connectivity index (χ1n) is 5.95. The second-order valence-electron chi connectivity index (χ2n) is 4.13. The zero-order valence-corrected chi connectivity index (χ0v) is 10.3. The van der Waals surface area contributed by atoms with Crippen molar-refractivity contribution in [3.63, 3.8) is 0 Å². The van der Waals surface area contributed by atoms with E-state index in [4.69, 9.17) is 5.26 Å². The summed E-state index contributed by atoms with van der Waals surface area (Å²) in [6.45, 7) is 6.35. The number of nitriles is 1. The zero-order valence-electron chi connectivity index (χ0n) is 10.3. The topological polar surface area (TPSA) is 35.8 Å². The number of hydrogen-bond donors (Lipinski definition) is 1. The molecule has 2 heteroatoms. The van der Waals surface area contributed by atoms with Crippen molar-refractivity contribution in [1.29, 1.82) is 5.26 Å². The summed E-state index contributed by atoms with van der Waals surface area (Å²) in [6.07, 6.45) is 2.07. The van der Waals surface area contributed by atoms with Gasteiger partial charge in [-0.25, -0.2) is 0 Å². The van der Waals surface area contributed by atoms with E-state index in [9.17, 15) is 0 Å². The van der Waals surface area contributed by atoms with Crippen LogP contribution in [0.25, 0.3) is 0 Å². The summed E-state index contributed by atoms with van der Waals surface area (Å²) >= 11 is 0. The normalized spacial score (nSPS) is 14.1. The van der Waals surface area contributed by atoms with Gasteiger partial charge in [-0.05, 0) is 30.9 Å². The molecule has 0 aromatic heterocycles. The first-order valence-corrected chi connectivity index (χ1v) is 5.95. The Bertz CT molecular complexity index is 348. The van der Waals surface area contributed by atoms with Crippen LogP contribution in [0.1, 0.15) is 44.4 Å². The maximum absolute atomic E-state index is 9.14. The molecule has 2 unspecified atom stereocenters. The quantitative estimate of drug-likeness (QED) is 0.820. The second-order valence-corrected chi connectivity index (χ2v) is 4.13. The van der Waals surface area contributed by atoms with Gasteiger partial charge >= 0.3 is 0 Å². The molecule has 0 fully saturated rings. The van der Waals surface area contributed by atoms with E-state index in [2.05, 4.69) is 44.3 Å². The van der Waals surface area contributed by atoms with Gasteiger partial charge in [0.2, 0.25) is 0 Å². The van der Waals surface area contributed by atoms with Gasteiger partial charge in [-0.1, -0.05) is 38.1 Å². The lowest BCUT2D eigenvalue weighted by Gasteiger charge is -2.17. The summed E-state index contributed by atoms with van der Waals surface area (Å²) in [5, 5.41) is 12.4. The van der Waals surface area contributed by atoms with Crippen molar-refractivity contribution in [3.05, 3.63) is 35.4 Å². The standard InChI is InChI=1S/C14H20N2/c1-4-11(3)16-14(10-15)13-8-6-12(5-2)7-9-13/h6-9,11,14,16H,4-5H2,1-3H3. The van der Waals surface area contributed by atoms with Crippen LogP contribution in [-0.2, 0) is 6.42 Å². The highest BCUT2D eigenvalue weighted by Gasteiger charge is 2.11. The minimum absolute atomic E-state index is 0.194. The Labute approximate surface area is 98.3 Å². The van der Waals surface area contributed by atoms with Crippen LogP contribution in [0, 0.1) is 11.3 Å². The van der Waals surface area contributed by atoms with Gasteiger partial charge in [0, 0.05) is 6.04 Å². The lowest BCUT2D eigenvalue weighted by Crippen LogP contribution is -2.29. The fraction of sp³-hybridized carbons (Fsp3) is 0.500. The van der Waals surface area contributed by atoms with Crippen molar-refractivity contribution in [2.75, 3.05) is 0 Å². The first kappa shape index (κ1) is 12.7. The van der Waals surface area contributed by atoms with E-state index in [1.165, 1.54) is 5.56 Å². The molecule has 1 aromatic carbocycles. The molecule has 0 aliphatic carbocycles. The van der Waals surface area contributed by atoms with Crippen LogP contribution in [0.5, 0.6) is 0 Å². The molecule has 0 radical (unpaired) electrons. The van der Waals surface area contributed by atoms with Crippen molar-refractivity contribution in [3.8, 4) is 6.07 Å². The zero-order chi connectivity index (χ0) is 12.0. The van der Waals surface area contributed by atoms with Crippen molar-refractivity contribution >= 4 is 0 Å². The SMILES string of the molecule is CCc1ccc(C(C#N)NC(C)CC)cc1. The van der Waals surface area contributed by atoms with Gasteiger partial charge in [-0.3, -0.25) is 5.32 Å². The molecule has 1 N–H and O–H groups in total. The highest BCUT2D eigenvalue weighted by atomic mass is 14.9. The summed E-state index contributed by atoms with van der Waals surface area (Å²) in [4.78, 5) is 0. The maximum Gasteiger partial charge on any atom is 0.121 e. The van der Waals surface area contributed by atoms with E-state index < -0.39 is 0 Å². The second kappa shape index (κ2) is 6.30. The monoisotopic (exact) mass is 216 g/mol. The van der Waals surface area contributed by atoms with Crippen LogP contribution >= 0.6 is 0 Å². The molecular formula is C14H20N2. The maximum atomic E-state index is 9.14. The molecule has 0 amide bonds. The third kappa shape index (κ3) is 3.36. The molecule has 0 aliphatic heterocycles. The molecule has 0 saturated carbocycles. The number of hydrogen-bond acceptors (Lipinski definition) is 2. The summed E-state index contributed by atoms with van der Waals surface area (Å²) < 4.78 is 0. The average molecular weight is 216 g/mol. The molecule has 1 rings (SSSR count). The lowest BCUT2D eigenvalue weighted by molar-refractivity contribution is 0.501. The lowest BCUT2D eigenvalue weighted by atomic mass is 10.0. The van der Waals surface area contributed by atoms with E-state index in [0.717, 1.165) is 18.4 Å². The van der Waals surface area contributed by atoms with Gasteiger partial charge in [0.05, 0.1) is 6.07 Å². The largest absolute Gasteiger partial charge is 0.296 e. The Morgan fingerprint density at radius 2 is 1.88 bits per heavy atom. The van der Waals surface area contributed by atoms with Gasteiger partial charge in [-0.15, -0.1) is 0 Å². The van der Waals surface area contributed by atoms with Crippen LogP contribution in [0.4, 0.5) is 0 Å².